The summed E-state index contributed by atoms with van der Waals surface area (Å²) in [7, 11) is 0. The van der Waals surface area contributed by atoms with Gasteiger partial charge in [0.2, 0.25) is 0 Å². The Morgan fingerprint density at radius 3 is 2.59 bits per heavy atom. The van der Waals surface area contributed by atoms with Gasteiger partial charge in [-0.2, -0.15) is 0 Å². The van der Waals surface area contributed by atoms with Gasteiger partial charge in [-0.3, -0.25) is 14.8 Å². The highest BCUT2D eigenvalue weighted by Gasteiger charge is 2.43. The summed E-state index contributed by atoms with van der Waals surface area (Å²) in [6.07, 6.45) is 8.44. The van der Waals surface area contributed by atoms with Crippen molar-refractivity contribution in [3.8, 4) is 22.5 Å². The predicted molar refractivity (Wildman–Crippen MR) is 114 cm³/mol. The van der Waals surface area contributed by atoms with Gasteiger partial charge in [-0.25, -0.2) is 0 Å². The molecule has 1 amide bonds. The van der Waals surface area contributed by atoms with Crippen molar-refractivity contribution in [2.24, 2.45) is 0 Å². The number of H-pyrrole nitrogens is 1. The van der Waals surface area contributed by atoms with E-state index >= 15 is 0 Å². The van der Waals surface area contributed by atoms with Gasteiger partial charge in [0.25, 0.3) is 5.91 Å². The second-order valence-electron chi connectivity index (χ2n) is 8.70. The molecule has 1 aliphatic carbocycles. The van der Waals surface area contributed by atoms with Crippen molar-refractivity contribution in [2.75, 3.05) is 6.54 Å². The summed E-state index contributed by atoms with van der Waals surface area (Å²) >= 11 is 0. The number of hydrogen-bond donors (Lipinski definition) is 2. The molecule has 1 aliphatic heterocycles. The maximum atomic E-state index is 12.5. The lowest BCUT2D eigenvalue weighted by Gasteiger charge is -2.33. The number of carbonyl (C=O) groups excluding carboxylic acids is 1. The lowest BCUT2D eigenvalue weighted by Crippen LogP contribution is -2.45. The van der Waals surface area contributed by atoms with Gasteiger partial charge in [0.1, 0.15) is 0 Å². The molecule has 5 rings (SSSR count). The van der Waals surface area contributed by atoms with Crippen molar-refractivity contribution in [1.29, 1.82) is 0 Å². The number of nitrogens with one attached hydrogen (secondary N) is 2. The molecule has 2 aliphatic rings. The fourth-order valence-electron chi connectivity index (χ4n) is 4.77. The fourth-order valence-corrected chi connectivity index (χ4v) is 4.77. The first kappa shape index (κ1) is 18.1. The Hall–Kier alpha value is -2.95. The molecule has 0 bridgehead atoms. The quantitative estimate of drug-likeness (QED) is 0.678. The number of carbonyl (C=O) groups is 1. The third-order valence-corrected chi connectivity index (χ3v) is 6.49. The predicted octanol–water partition coefficient (Wildman–Crippen LogP) is 4.82. The SMILES string of the molecule is CC(C)c1ccc(-c2cc(-c3cc4c([nH]3)C3(CCCC3)CNC4=O)ccn2)cn1. The molecule has 0 aromatic carbocycles. The van der Waals surface area contributed by atoms with E-state index in [0.717, 1.165) is 58.9 Å². The second-order valence-corrected chi connectivity index (χ2v) is 8.70. The molecule has 4 heterocycles. The van der Waals surface area contributed by atoms with E-state index in [2.05, 4.69) is 52.3 Å². The molecule has 5 nitrogen and oxygen atoms in total. The molecule has 29 heavy (non-hydrogen) atoms. The van der Waals surface area contributed by atoms with Gasteiger partial charge in [-0.05, 0) is 49.1 Å². The molecule has 1 saturated carbocycles. The summed E-state index contributed by atoms with van der Waals surface area (Å²) in [5.74, 6) is 0.436. The van der Waals surface area contributed by atoms with E-state index in [1.165, 1.54) is 12.8 Å². The van der Waals surface area contributed by atoms with Gasteiger partial charge in [-0.1, -0.05) is 26.7 Å². The van der Waals surface area contributed by atoms with Crippen molar-refractivity contribution in [3.63, 3.8) is 0 Å². The molecule has 3 aromatic heterocycles. The zero-order valence-corrected chi connectivity index (χ0v) is 17.0. The third-order valence-electron chi connectivity index (χ3n) is 6.49. The number of fused-ring (bicyclic) bond motifs is 2. The van der Waals surface area contributed by atoms with Crippen molar-refractivity contribution in [2.45, 2.75) is 50.9 Å². The van der Waals surface area contributed by atoms with Crippen LogP contribution >= 0.6 is 0 Å². The van der Waals surface area contributed by atoms with Crippen LogP contribution in [0.25, 0.3) is 22.5 Å². The minimum atomic E-state index is 0.0304. The number of aromatic nitrogens is 3. The number of rotatable bonds is 3. The Kier molecular flexibility index (Phi) is 4.26. The Balaban J connectivity index is 1.53. The molecule has 0 saturated heterocycles. The van der Waals surface area contributed by atoms with Crippen molar-refractivity contribution < 1.29 is 4.79 Å². The van der Waals surface area contributed by atoms with Crippen molar-refractivity contribution in [1.82, 2.24) is 20.3 Å². The van der Waals surface area contributed by atoms with Gasteiger partial charge in [-0.15, -0.1) is 0 Å². The second kappa shape index (κ2) is 6.83. The average Bonchev–Trinajstić information content (AvgIpc) is 3.40. The van der Waals surface area contributed by atoms with E-state index in [0.29, 0.717) is 5.92 Å². The molecule has 148 valence electrons. The monoisotopic (exact) mass is 386 g/mol. The van der Waals surface area contributed by atoms with Crippen LogP contribution in [-0.2, 0) is 5.41 Å². The van der Waals surface area contributed by atoms with Crippen LogP contribution in [0.2, 0.25) is 0 Å². The van der Waals surface area contributed by atoms with Crippen LogP contribution in [0.5, 0.6) is 0 Å². The van der Waals surface area contributed by atoms with E-state index in [1.54, 1.807) is 0 Å². The summed E-state index contributed by atoms with van der Waals surface area (Å²) < 4.78 is 0. The van der Waals surface area contributed by atoms with Crippen LogP contribution in [0.3, 0.4) is 0 Å². The third kappa shape index (κ3) is 3.05. The summed E-state index contributed by atoms with van der Waals surface area (Å²) in [4.78, 5) is 25.2. The lowest BCUT2D eigenvalue weighted by atomic mass is 9.78. The van der Waals surface area contributed by atoms with E-state index in [4.69, 9.17) is 0 Å². The van der Waals surface area contributed by atoms with Gasteiger partial charge >= 0.3 is 0 Å². The number of hydrogen-bond acceptors (Lipinski definition) is 3. The highest BCUT2D eigenvalue weighted by Crippen LogP contribution is 2.44. The van der Waals surface area contributed by atoms with Crippen molar-refractivity contribution >= 4 is 5.91 Å². The molecule has 2 N–H and O–H groups in total. The topological polar surface area (TPSA) is 70.7 Å². The number of pyridine rings is 2. The van der Waals surface area contributed by atoms with Crippen LogP contribution in [0.1, 0.15) is 67.2 Å². The van der Waals surface area contributed by atoms with Crippen LogP contribution < -0.4 is 5.32 Å². The van der Waals surface area contributed by atoms with E-state index < -0.39 is 0 Å². The maximum Gasteiger partial charge on any atom is 0.253 e. The zero-order chi connectivity index (χ0) is 20.0. The number of nitrogens with zero attached hydrogens (tertiary/aromatic N) is 2. The average molecular weight is 386 g/mol. The molecular weight excluding hydrogens is 360 g/mol. The first-order chi connectivity index (χ1) is 14.1. The van der Waals surface area contributed by atoms with Gasteiger partial charge in [0.15, 0.2) is 0 Å². The summed E-state index contributed by atoms with van der Waals surface area (Å²) in [5.41, 5.74) is 6.98. The first-order valence-electron chi connectivity index (χ1n) is 10.5. The summed E-state index contributed by atoms with van der Waals surface area (Å²) in [5, 5.41) is 3.11. The molecule has 3 aromatic rings. The smallest absolute Gasteiger partial charge is 0.253 e. The largest absolute Gasteiger partial charge is 0.357 e. The van der Waals surface area contributed by atoms with Crippen LogP contribution in [-0.4, -0.2) is 27.4 Å². The lowest BCUT2D eigenvalue weighted by molar-refractivity contribution is 0.0924. The molecule has 0 atom stereocenters. The fraction of sp³-hybridized carbons (Fsp3) is 0.375. The minimum absolute atomic E-state index is 0.0304. The molecule has 1 fully saturated rings. The molecule has 5 heteroatoms. The minimum Gasteiger partial charge on any atom is -0.357 e. The normalized spacial score (nSPS) is 17.6. The van der Waals surface area contributed by atoms with E-state index in [1.807, 2.05) is 24.5 Å². The highest BCUT2D eigenvalue weighted by atomic mass is 16.1. The molecule has 0 unspecified atom stereocenters. The Morgan fingerprint density at radius 1 is 1.03 bits per heavy atom. The van der Waals surface area contributed by atoms with Crippen molar-refractivity contribution in [3.05, 3.63) is 59.7 Å². The van der Waals surface area contributed by atoms with E-state index in [9.17, 15) is 4.79 Å². The van der Waals surface area contributed by atoms with Gasteiger partial charge < -0.3 is 10.3 Å². The molecular formula is C24H26N4O. The first-order valence-corrected chi connectivity index (χ1v) is 10.5. The Labute approximate surface area is 171 Å². The van der Waals surface area contributed by atoms with Gasteiger partial charge in [0, 0.05) is 52.6 Å². The molecule has 1 spiro atoms. The van der Waals surface area contributed by atoms with Crippen LogP contribution in [0.4, 0.5) is 0 Å². The number of amides is 1. The number of aromatic amines is 1. The van der Waals surface area contributed by atoms with Crippen LogP contribution in [0.15, 0.2) is 42.7 Å². The summed E-state index contributed by atoms with van der Waals surface area (Å²) in [6.45, 7) is 5.02. The Morgan fingerprint density at radius 2 is 1.86 bits per heavy atom. The maximum absolute atomic E-state index is 12.5. The zero-order valence-electron chi connectivity index (χ0n) is 17.0. The summed E-state index contributed by atoms with van der Waals surface area (Å²) in [6, 6.07) is 10.2. The standard InChI is InChI=1S/C24H26N4O/c1-15(2)19-6-5-17(13-26-19)20-11-16(7-10-25-20)21-12-18-22(28-21)24(8-3-4-9-24)14-27-23(18)29/h5-7,10-13,15,28H,3-4,8-9,14H2,1-2H3,(H,27,29). The Bertz CT molecular complexity index is 1060. The molecule has 0 radical (unpaired) electrons. The van der Waals surface area contributed by atoms with Gasteiger partial charge in [0.05, 0.1) is 11.3 Å². The highest BCUT2D eigenvalue weighted by molar-refractivity contribution is 5.98. The van der Waals surface area contributed by atoms with E-state index in [-0.39, 0.29) is 11.3 Å². The van der Waals surface area contributed by atoms with Crippen LogP contribution in [0, 0.1) is 0 Å².